The Bertz CT molecular complexity index is 818. The van der Waals surface area contributed by atoms with Gasteiger partial charge in [0.2, 0.25) is 0 Å². The number of urea groups is 1. The number of nitrogens with one attached hydrogen (secondary N) is 2. The lowest BCUT2D eigenvalue weighted by Gasteiger charge is -2.22. The van der Waals surface area contributed by atoms with Crippen molar-refractivity contribution in [2.45, 2.75) is 44.6 Å². The average Bonchev–Trinajstić information content (AvgIpc) is 3.16. The van der Waals surface area contributed by atoms with Crippen LogP contribution in [0, 0.1) is 0 Å². The van der Waals surface area contributed by atoms with Crippen molar-refractivity contribution in [2.75, 3.05) is 6.61 Å². The van der Waals surface area contributed by atoms with Crippen LogP contribution in [-0.4, -0.2) is 40.5 Å². The fraction of sp³-hybridized carbons (Fsp3) is 0.421. The second kappa shape index (κ2) is 9.93. The van der Waals surface area contributed by atoms with Crippen LogP contribution in [0.4, 0.5) is 4.79 Å². The second-order valence-corrected chi connectivity index (χ2v) is 7.41. The zero-order valence-corrected chi connectivity index (χ0v) is 16.2. The molecule has 2 N–H and O–H groups in total. The van der Waals surface area contributed by atoms with E-state index in [1.54, 1.807) is 11.6 Å². The van der Waals surface area contributed by atoms with Crippen LogP contribution in [-0.2, 0) is 20.7 Å². The summed E-state index contributed by atoms with van der Waals surface area (Å²) in [5.41, 5.74) is 1.28. The fourth-order valence-electron chi connectivity index (χ4n) is 2.97. The van der Waals surface area contributed by atoms with Gasteiger partial charge in [0.05, 0.1) is 17.8 Å². The number of esters is 1. The molecule has 148 valence electrons. The molecule has 0 aromatic carbocycles. The van der Waals surface area contributed by atoms with E-state index in [-0.39, 0.29) is 12.5 Å². The number of thiazole rings is 1. The van der Waals surface area contributed by atoms with Crippen LogP contribution in [0.15, 0.2) is 29.8 Å². The first kappa shape index (κ1) is 19.9. The Hall–Kier alpha value is -2.81. The number of amides is 3. The molecular weight excluding hydrogens is 380 g/mol. The standard InChI is InChI=1S/C19H22N4O4S/c24-16(23-19(26)22-13-6-2-1-3-7-13)11-27-17(25)10-14-12-28-18(21-14)15-8-4-5-9-20-15/h4-5,8-9,12-13H,1-3,6-7,10-11H2,(H2,22,23,24,26). The Balaban J connectivity index is 1.38. The fourth-order valence-corrected chi connectivity index (χ4v) is 3.77. The Morgan fingerprint density at radius 2 is 2.00 bits per heavy atom. The Morgan fingerprint density at radius 3 is 2.75 bits per heavy atom. The highest BCUT2D eigenvalue weighted by atomic mass is 32.1. The highest BCUT2D eigenvalue weighted by molar-refractivity contribution is 7.13. The van der Waals surface area contributed by atoms with Crippen molar-refractivity contribution in [2.24, 2.45) is 0 Å². The zero-order valence-electron chi connectivity index (χ0n) is 15.3. The summed E-state index contributed by atoms with van der Waals surface area (Å²) in [5, 5.41) is 7.42. The van der Waals surface area contributed by atoms with Crippen LogP contribution in [0.1, 0.15) is 37.8 Å². The van der Waals surface area contributed by atoms with Gasteiger partial charge < -0.3 is 10.1 Å². The second-order valence-electron chi connectivity index (χ2n) is 6.55. The zero-order chi connectivity index (χ0) is 19.8. The van der Waals surface area contributed by atoms with Crippen molar-refractivity contribution in [3.05, 3.63) is 35.5 Å². The SMILES string of the molecule is O=C(COC(=O)Cc1csc(-c2ccccn2)n1)NC(=O)NC1CCCCC1. The number of carbonyl (C=O) groups excluding carboxylic acids is 3. The van der Waals surface area contributed by atoms with Gasteiger partial charge in [-0.2, -0.15) is 0 Å². The van der Waals surface area contributed by atoms with Crippen LogP contribution in [0.3, 0.4) is 0 Å². The van der Waals surface area contributed by atoms with Crippen LogP contribution in [0.25, 0.3) is 10.7 Å². The normalized spacial score (nSPS) is 14.3. The third-order valence-electron chi connectivity index (χ3n) is 4.32. The summed E-state index contributed by atoms with van der Waals surface area (Å²) in [4.78, 5) is 44.0. The first-order valence-electron chi connectivity index (χ1n) is 9.22. The minimum atomic E-state index is -0.658. The molecule has 9 heteroatoms. The Kier molecular flexibility index (Phi) is 7.07. The topological polar surface area (TPSA) is 110 Å². The number of carbonyl (C=O) groups is 3. The molecule has 0 aliphatic heterocycles. The monoisotopic (exact) mass is 402 g/mol. The predicted octanol–water partition coefficient (Wildman–Crippen LogP) is 2.45. The molecule has 28 heavy (non-hydrogen) atoms. The highest BCUT2D eigenvalue weighted by Gasteiger charge is 2.18. The summed E-state index contributed by atoms with van der Waals surface area (Å²) in [6.07, 6.45) is 6.80. The summed E-state index contributed by atoms with van der Waals surface area (Å²) in [6.45, 7) is -0.506. The molecule has 3 amide bonds. The lowest BCUT2D eigenvalue weighted by molar-refractivity contribution is -0.147. The summed E-state index contributed by atoms with van der Waals surface area (Å²) in [5.74, 6) is -1.24. The minimum Gasteiger partial charge on any atom is -0.455 e. The number of hydrogen-bond donors (Lipinski definition) is 2. The van der Waals surface area contributed by atoms with E-state index in [0.717, 1.165) is 31.4 Å². The summed E-state index contributed by atoms with van der Waals surface area (Å²) < 4.78 is 4.93. The first-order valence-corrected chi connectivity index (χ1v) is 10.1. The molecule has 0 spiro atoms. The molecule has 0 bridgehead atoms. The number of imide groups is 1. The molecule has 1 aliphatic carbocycles. The number of pyridine rings is 1. The third kappa shape index (κ3) is 6.12. The highest BCUT2D eigenvalue weighted by Crippen LogP contribution is 2.21. The van der Waals surface area contributed by atoms with Gasteiger partial charge >= 0.3 is 12.0 Å². The number of aromatic nitrogens is 2. The molecule has 1 fully saturated rings. The van der Waals surface area contributed by atoms with E-state index in [2.05, 4.69) is 20.6 Å². The van der Waals surface area contributed by atoms with Crippen molar-refractivity contribution in [3.63, 3.8) is 0 Å². The third-order valence-corrected chi connectivity index (χ3v) is 5.23. The van der Waals surface area contributed by atoms with Gasteiger partial charge in [-0.05, 0) is 25.0 Å². The van der Waals surface area contributed by atoms with Crippen molar-refractivity contribution in [1.82, 2.24) is 20.6 Å². The molecule has 1 aliphatic rings. The smallest absolute Gasteiger partial charge is 0.321 e. The van der Waals surface area contributed by atoms with Crippen LogP contribution < -0.4 is 10.6 Å². The van der Waals surface area contributed by atoms with Gasteiger partial charge in [0.15, 0.2) is 6.61 Å². The average molecular weight is 402 g/mol. The van der Waals surface area contributed by atoms with E-state index < -0.39 is 24.5 Å². The largest absolute Gasteiger partial charge is 0.455 e. The van der Waals surface area contributed by atoms with Crippen LogP contribution >= 0.6 is 11.3 Å². The molecule has 2 heterocycles. The summed E-state index contributed by atoms with van der Waals surface area (Å²) in [6, 6.07) is 5.06. The van der Waals surface area contributed by atoms with E-state index in [4.69, 9.17) is 4.74 Å². The van der Waals surface area contributed by atoms with E-state index in [9.17, 15) is 14.4 Å². The van der Waals surface area contributed by atoms with Gasteiger partial charge in [0.25, 0.3) is 5.91 Å². The van der Waals surface area contributed by atoms with Gasteiger partial charge in [-0.15, -0.1) is 11.3 Å². The van der Waals surface area contributed by atoms with Gasteiger partial charge in [0.1, 0.15) is 5.01 Å². The molecule has 2 aromatic rings. The Morgan fingerprint density at radius 1 is 1.18 bits per heavy atom. The summed E-state index contributed by atoms with van der Waals surface area (Å²) >= 11 is 1.38. The number of hydrogen-bond acceptors (Lipinski definition) is 7. The quantitative estimate of drug-likeness (QED) is 0.718. The molecule has 8 nitrogen and oxygen atoms in total. The van der Waals surface area contributed by atoms with Gasteiger partial charge in [-0.1, -0.05) is 25.3 Å². The molecule has 0 saturated heterocycles. The molecular formula is C19H22N4O4S. The number of ether oxygens (including phenoxy) is 1. The minimum absolute atomic E-state index is 0.0507. The summed E-state index contributed by atoms with van der Waals surface area (Å²) in [7, 11) is 0. The lowest BCUT2D eigenvalue weighted by Crippen LogP contribution is -2.46. The van der Waals surface area contributed by atoms with Gasteiger partial charge in [-0.3, -0.25) is 19.9 Å². The van der Waals surface area contributed by atoms with Crippen LogP contribution in [0.2, 0.25) is 0 Å². The first-order chi connectivity index (χ1) is 13.6. The molecule has 3 rings (SSSR count). The van der Waals surface area contributed by atoms with Crippen LogP contribution in [0.5, 0.6) is 0 Å². The van der Waals surface area contributed by atoms with Crippen molar-refractivity contribution in [1.29, 1.82) is 0 Å². The Labute approximate surface area is 166 Å². The van der Waals surface area contributed by atoms with Crippen molar-refractivity contribution < 1.29 is 19.1 Å². The maximum Gasteiger partial charge on any atom is 0.321 e. The van der Waals surface area contributed by atoms with E-state index in [0.29, 0.717) is 10.7 Å². The molecule has 0 unspecified atom stereocenters. The predicted molar refractivity (Wildman–Crippen MR) is 104 cm³/mol. The molecule has 0 atom stereocenters. The van der Waals surface area contributed by atoms with Crippen molar-refractivity contribution in [3.8, 4) is 10.7 Å². The molecule has 1 saturated carbocycles. The van der Waals surface area contributed by atoms with E-state index in [1.165, 1.54) is 17.8 Å². The maximum absolute atomic E-state index is 11.9. The van der Waals surface area contributed by atoms with E-state index in [1.807, 2.05) is 18.2 Å². The van der Waals surface area contributed by atoms with Crippen molar-refractivity contribution >= 4 is 29.2 Å². The van der Waals surface area contributed by atoms with Gasteiger partial charge in [-0.25, -0.2) is 9.78 Å². The lowest BCUT2D eigenvalue weighted by atomic mass is 9.96. The molecule has 2 aromatic heterocycles. The number of rotatable bonds is 6. The molecule has 0 radical (unpaired) electrons. The van der Waals surface area contributed by atoms with E-state index >= 15 is 0 Å². The maximum atomic E-state index is 11.9. The van der Waals surface area contributed by atoms with Gasteiger partial charge in [0, 0.05) is 17.6 Å². The number of nitrogens with zero attached hydrogens (tertiary/aromatic N) is 2.